The van der Waals surface area contributed by atoms with E-state index in [-0.39, 0.29) is 24.0 Å². The van der Waals surface area contributed by atoms with E-state index >= 15 is 0 Å². The molecule has 0 saturated carbocycles. The molecule has 3 N–H and O–H groups in total. The highest BCUT2D eigenvalue weighted by atomic mass is 16.5. The van der Waals surface area contributed by atoms with E-state index in [9.17, 15) is 9.59 Å². The summed E-state index contributed by atoms with van der Waals surface area (Å²) in [6.07, 6.45) is 5.20. The lowest BCUT2D eigenvalue weighted by Crippen LogP contribution is -2.51. The fourth-order valence-electron chi connectivity index (χ4n) is 5.49. The van der Waals surface area contributed by atoms with E-state index in [0.717, 1.165) is 73.6 Å². The first-order valence-electron chi connectivity index (χ1n) is 14.1. The Bertz CT molecular complexity index is 1310. The molecule has 3 aliphatic heterocycles. The van der Waals surface area contributed by atoms with Crippen LogP contribution in [-0.2, 0) is 14.3 Å². The first kappa shape index (κ1) is 26.2. The standard InChI is InChI=1S/C30H35N7O3/c38-28(26-3-1-14-31-26)33-22-7-5-21(6-8-22)25-13-15-32-30(35-25)34-23-9-11-24(12-10-23)36-16-18-37(19-17-36)29(39)27-4-2-20-40-27/h5-13,15,26-27,31H,1-4,14,16-20H2,(H,33,38)(H,32,34,35)/t26-,27+/m1/s1. The van der Waals surface area contributed by atoms with Crippen LogP contribution in [0.4, 0.5) is 23.0 Å². The molecule has 3 aromatic rings. The van der Waals surface area contributed by atoms with Crippen LogP contribution in [0.2, 0.25) is 0 Å². The normalized spacial score (nSPS) is 20.9. The summed E-state index contributed by atoms with van der Waals surface area (Å²) in [5, 5.41) is 9.49. The van der Waals surface area contributed by atoms with Crippen molar-refractivity contribution in [2.75, 3.05) is 54.9 Å². The van der Waals surface area contributed by atoms with E-state index in [1.165, 1.54) is 0 Å². The molecule has 10 nitrogen and oxygen atoms in total. The van der Waals surface area contributed by atoms with Gasteiger partial charge in [0, 0.05) is 61.6 Å². The van der Waals surface area contributed by atoms with E-state index in [4.69, 9.17) is 4.74 Å². The van der Waals surface area contributed by atoms with Gasteiger partial charge in [-0.3, -0.25) is 9.59 Å². The molecule has 0 spiro atoms. The van der Waals surface area contributed by atoms with Gasteiger partial charge in [-0.1, -0.05) is 12.1 Å². The van der Waals surface area contributed by atoms with Crippen LogP contribution in [0.5, 0.6) is 0 Å². The molecule has 2 atom stereocenters. The van der Waals surface area contributed by atoms with Crippen LogP contribution in [0.15, 0.2) is 60.8 Å². The first-order valence-corrected chi connectivity index (χ1v) is 14.1. The summed E-state index contributed by atoms with van der Waals surface area (Å²) < 4.78 is 5.57. The molecule has 2 aromatic carbocycles. The van der Waals surface area contributed by atoms with Gasteiger partial charge in [0.2, 0.25) is 11.9 Å². The Kier molecular flexibility index (Phi) is 7.87. The van der Waals surface area contributed by atoms with Crippen molar-refractivity contribution in [1.82, 2.24) is 20.2 Å². The zero-order valence-corrected chi connectivity index (χ0v) is 22.5. The minimum absolute atomic E-state index is 0.0107. The Morgan fingerprint density at radius 2 is 1.68 bits per heavy atom. The van der Waals surface area contributed by atoms with E-state index in [1.807, 2.05) is 47.4 Å². The number of hydrogen-bond acceptors (Lipinski definition) is 8. The predicted molar refractivity (Wildman–Crippen MR) is 155 cm³/mol. The number of aromatic nitrogens is 2. The van der Waals surface area contributed by atoms with Gasteiger partial charge in [-0.2, -0.15) is 0 Å². The van der Waals surface area contributed by atoms with Crippen LogP contribution >= 0.6 is 0 Å². The second-order valence-corrected chi connectivity index (χ2v) is 10.5. The Hall–Kier alpha value is -4.02. The Balaban J connectivity index is 1.03. The Morgan fingerprint density at radius 1 is 0.900 bits per heavy atom. The number of nitrogens with zero attached hydrogens (tertiary/aromatic N) is 4. The molecule has 6 rings (SSSR count). The van der Waals surface area contributed by atoms with Crippen molar-refractivity contribution in [3.8, 4) is 11.3 Å². The highest BCUT2D eigenvalue weighted by Gasteiger charge is 2.30. The number of hydrogen-bond donors (Lipinski definition) is 3. The van der Waals surface area contributed by atoms with Crippen LogP contribution < -0.4 is 20.9 Å². The average molecular weight is 542 g/mol. The van der Waals surface area contributed by atoms with Crippen LogP contribution in [0.25, 0.3) is 11.3 Å². The SMILES string of the molecule is O=C(Nc1ccc(-c2ccnc(Nc3ccc(N4CCN(C(=O)[C@@H]5CCCO5)CC4)cc3)n2)cc1)[C@H]1CCCN1. The maximum Gasteiger partial charge on any atom is 0.251 e. The van der Waals surface area contributed by atoms with Crippen LogP contribution in [-0.4, -0.2) is 78.2 Å². The maximum absolute atomic E-state index is 12.6. The molecule has 3 fully saturated rings. The summed E-state index contributed by atoms with van der Waals surface area (Å²) in [5.41, 5.74) is 4.52. The highest BCUT2D eigenvalue weighted by molar-refractivity contribution is 5.95. The molecule has 0 aliphatic carbocycles. The van der Waals surface area contributed by atoms with Crippen LogP contribution in [0, 0.1) is 0 Å². The number of anilines is 4. The third-order valence-electron chi connectivity index (χ3n) is 7.77. The summed E-state index contributed by atoms with van der Waals surface area (Å²) >= 11 is 0. The molecule has 208 valence electrons. The average Bonchev–Trinajstić information content (AvgIpc) is 3.74. The zero-order chi connectivity index (χ0) is 27.3. The van der Waals surface area contributed by atoms with Crippen molar-refractivity contribution in [3.05, 3.63) is 60.8 Å². The molecule has 4 heterocycles. The van der Waals surface area contributed by atoms with Crippen molar-refractivity contribution < 1.29 is 14.3 Å². The molecule has 10 heteroatoms. The fraction of sp³-hybridized carbons (Fsp3) is 0.400. The van der Waals surface area contributed by atoms with Gasteiger partial charge in [0.1, 0.15) is 6.10 Å². The largest absolute Gasteiger partial charge is 0.368 e. The van der Waals surface area contributed by atoms with Crippen molar-refractivity contribution in [2.45, 2.75) is 37.8 Å². The molecule has 0 unspecified atom stereocenters. The third kappa shape index (κ3) is 6.08. The van der Waals surface area contributed by atoms with Crippen molar-refractivity contribution >= 4 is 34.8 Å². The Labute approximate surface area is 234 Å². The van der Waals surface area contributed by atoms with Gasteiger partial charge in [-0.15, -0.1) is 0 Å². The monoisotopic (exact) mass is 541 g/mol. The number of benzene rings is 2. The van der Waals surface area contributed by atoms with Gasteiger partial charge < -0.3 is 30.5 Å². The molecule has 3 saturated heterocycles. The molecule has 1 aromatic heterocycles. The predicted octanol–water partition coefficient (Wildman–Crippen LogP) is 3.41. The lowest BCUT2D eigenvalue weighted by Gasteiger charge is -2.37. The number of carbonyl (C=O) groups is 2. The fourth-order valence-corrected chi connectivity index (χ4v) is 5.49. The van der Waals surface area contributed by atoms with E-state index < -0.39 is 0 Å². The topological polar surface area (TPSA) is 112 Å². The van der Waals surface area contributed by atoms with Gasteiger partial charge in [-0.25, -0.2) is 9.97 Å². The molecule has 0 radical (unpaired) electrons. The first-order chi connectivity index (χ1) is 19.6. The van der Waals surface area contributed by atoms with Gasteiger partial charge in [0.15, 0.2) is 0 Å². The second kappa shape index (κ2) is 12.0. The number of piperazine rings is 1. The number of carbonyl (C=O) groups excluding carboxylic acids is 2. The number of amides is 2. The molecular formula is C30H35N7O3. The molecule has 2 amide bonds. The molecule has 0 bridgehead atoms. The van der Waals surface area contributed by atoms with Gasteiger partial charge in [-0.05, 0) is 74.7 Å². The van der Waals surface area contributed by atoms with Crippen molar-refractivity contribution in [1.29, 1.82) is 0 Å². The molecule has 40 heavy (non-hydrogen) atoms. The van der Waals surface area contributed by atoms with Crippen LogP contribution in [0.3, 0.4) is 0 Å². The van der Waals surface area contributed by atoms with E-state index in [0.29, 0.717) is 25.6 Å². The van der Waals surface area contributed by atoms with E-state index in [2.05, 4.69) is 43.0 Å². The zero-order valence-electron chi connectivity index (χ0n) is 22.5. The number of ether oxygens (including phenoxy) is 1. The Morgan fingerprint density at radius 3 is 2.38 bits per heavy atom. The summed E-state index contributed by atoms with van der Waals surface area (Å²) in [6.45, 7) is 4.61. The maximum atomic E-state index is 12.6. The summed E-state index contributed by atoms with van der Waals surface area (Å²) in [7, 11) is 0. The number of nitrogens with one attached hydrogen (secondary N) is 3. The van der Waals surface area contributed by atoms with E-state index in [1.54, 1.807) is 6.20 Å². The van der Waals surface area contributed by atoms with Gasteiger partial charge in [0.25, 0.3) is 5.91 Å². The molecular weight excluding hydrogens is 506 g/mol. The highest BCUT2D eigenvalue weighted by Crippen LogP contribution is 2.24. The van der Waals surface area contributed by atoms with Crippen LogP contribution in [0.1, 0.15) is 25.7 Å². The second-order valence-electron chi connectivity index (χ2n) is 10.5. The minimum atomic E-state index is -0.247. The lowest BCUT2D eigenvalue weighted by molar-refractivity contribution is -0.141. The smallest absolute Gasteiger partial charge is 0.251 e. The summed E-state index contributed by atoms with van der Waals surface area (Å²) in [4.78, 5) is 38.3. The summed E-state index contributed by atoms with van der Waals surface area (Å²) in [6, 6.07) is 17.7. The van der Waals surface area contributed by atoms with Gasteiger partial charge in [0.05, 0.1) is 11.7 Å². The molecule has 3 aliphatic rings. The van der Waals surface area contributed by atoms with Gasteiger partial charge >= 0.3 is 0 Å². The minimum Gasteiger partial charge on any atom is -0.368 e. The van der Waals surface area contributed by atoms with Crippen molar-refractivity contribution in [3.63, 3.8) is 0 Å². The third-order valence-corrected chi connectivity index (χ3v) is 7.77. The summed E-state index contributed by atoms with van der Waals surface area (Å²) in [5.74, 6) is 0.659. The lowest BCUT2D eigenvalue weighted by atomic mass is 10.1. The quantitative estimate of drug-likeness (QED) is 0.417. The van der Waals surface area contributed by atoms with Crippen molar-refractivity contribution in [2.24, 2.45) is 0 Å². The number of rotatable bonds is 7.